The van der Waals surface area contributed by atoms with Gasteiger partial charge in [-0.25, -0.2) is 13.8 Å². The van der Waals surface area contributed by atoms with Crippen LogP contribution in [0.4, 0.5) is 20.5 Å². The number of aromatic nitrogens is 2. The molecule has 2 aliphatic heterocycles. The lowest BCUT2D eigenvalue weighted by Gasteiger charge is -2.36. The van der Waals surface area contributed by atoms with Crippen molar-refractivity contribution in [3.63, 3.8) is 0 Å². The monoisotopic (exact) mass is 498 g/mol. The van der Waals surface area contributed by atoms with Crippen molar-refractivity contribution in [3.05, 3.63) is 45.6 Å². The van der Waals surface area contributed by atoms with Gasteiger partial charge in [0.2, 0.25) is 17.8 Å². The molecule has 4 rings (SSSR count). The van der Waals surface area contributed by atoms with Crippen LogP contribution < -0.4 is 15.5 Å². The van der Waals surface area contributed by atoms with E-state index >= 15 is 0 Å². The van der Waals surface area contributed by atoms with Crippen LogP contribution in [0.5, 0.6) is 0 Å². The zero-order valence-electron chi connectivity index (χ0n) is 17.7. The minimum atomic E-state index is -0.779. The van der Waals surface area contributed by atoms with Crippen LogP contribution in [0.15, 0.2) is 18.3 Å². The molecule has 1 aromatic heterocycles. The van der Waals surface area contributed by atoms with Crippen molar-refractivity contribution in [1.82, 2.24) is 20.2 Å². The molecule has 2 amide bonds. The number of benzene rings is 1. The number of nitrogens with one attached hydrogen (secondary N) is 2. The highest BCUT2D eigenvalue weighted by Gasteiger charge is 2.32. The third-order valence-corrected chi connectivity index (χ3v) is 6.22. The van der Waals surface area contributed by atoms with E-state index in [9.17, 15) is 18.4 Å². The Hall–Kier alpha value is -2.72. The summed E-state index contributed by atoms with van der Waals surface area (Å²) in [4.78, 5) is 36.3. The molecule has 2 aliphatic rings. The number of rotatable bonds is 5. The van der Waals surface area contributed by atoms with E-state index in [1.807, 2.05) is 4.90 Å². The fourth-order valence-electron chi connectivity index (χ4n) is 4.00. The molecular weight excluding hydrogens is 477 g/mol. The van der Waals surface area contributed by atoms with E-state index < -0.39 is 23.7 Å². The molecule has 3 heterocycles. The maximum atomic E-state index is 14.3. The first-order chi connectivity index (χ1) is 15.7. The van der Waals surface area contributed by atoms with Gasteiger partial charge in [-0.3, -0.25) is 9.59 Å². The lowest BCUT2D eigenvalue weighted by atomic mass is 10.1. The predicted octanol–water partition coefficient (Wildman–Crippen LogP) is 3.16. The minimum Gasteiger partial charge on any atom is -0.362 e. The first-order valence-electron chi connectivity index (χ1n) is 10.5. The first-order valence-corrected chi connectivity index (χ1v) is 11.2. The van der Waals surface area contributed by atoms with Crippen LogP contribution in [0.25, 0.3) is 0 Å². The Morgan fingerprint density at radius 3 is 2.48 bits per heavy atom. The SMILES string of the molecule is CC(Nc1nc(N2CCN(C(=O)[C@H]3CCC(=O)N3)CC2)ncc1Cl)c1c(F)cc(Cl)cc1F. The van der Waals surface area contributed by atoms with Gasteiger partial charge in [0, 0.05) is 43.2 Å². The van der Waals surface area contributed by atoms with Gasteiger partial charge in [0.25, 0.3) is 0 Å². The fourth-order valence-corrected chi connectivity index (χ4v) is 4.34. The third kappa shape index (κ3) is 5.11. The highest BCUT2D eigenvalue weighted by Crippen LogP contribution is 2.30. The van der Waals surface area contributed by atoms with Crippen LogP contribution >= 0.6 is 23.2 Å². The Morgan fingerprint density at radius 1 is 1.21 bits per heavy atom. The summed E-state index contributed by atoms with van der Waals surface area (Å²) in [6, 6.07) is 0.853. The van der Waals surface area contributed by atoms with E-state index in [0.717, 1.165) is 12.1 Å². The molecule has 0 aliphatic carbocycles. The summed E-state index contributed by atoms with van der Waals surface area (Å²) in [6.07, 6.45) is 2.30. The molecule has 2 atom stereocenters. The molecule has 0 bridgehead atoms. The van der Waals surface area contributed by atoms with Gasteiger partial charge in [-0.1, -0.05) is 23.2 Å². The quantitative estimate of drug-likeness (QED) is 0.657. The van der Waals surface area contributed by atoms with Gasteiger partial charge in [0.15, 0.2) is 5.82 Å². The van der Waals surface area contributed by atoms with E-state index in [4.69, 9.17) is 23.2 Å². The van der Waals surface area contributed by atoms with Crippen LogP contribution in [0.1, 0.15) is 31.4 Å². The Bertz CT molecular complexity index is 1060. The molecule has 0 spiro atoms. The van der Waals surface area contributed by atoms with Crippen LogP contribution in [0, 0.1) is 11.6 Å². The van der Waals surface area contributed by atoms with Gasteiger partial charge < -0.3 is 20.4 Å². The Balaban J connectivity index is 1.43. The molecule has 2 fully saturated rings. The zero-order valence-corrected chi connectivity index (χ0v) is 19.3. The second-order valence-corrected chi connectivity index (χ2v) is 8.83. The number of halogens is 4. The largest absolute Gasteiger partial charge is 0.362 e. The normalized spacial score (nSPS) is 19.4. The zero-order chi connectivity index (χ0) is 23.7. The highest BCUT2D eigenvalue weighted by molar-refractivity contribution is 6.32. The van der Waals surface area contributed by atoms with Crippen molar-refractivity contribution in [1.29, 1.82) is 0 Å². The van der Waals surface area contributed by atoms with E-state index in [1.54, 1.807) is 11.8 Å². The van der Waals surface area contributed by atoms with Crippen molar-refractivity contribution < 1.29 is 18.4 Å². The average molecular weight is 499 g/mol. The van der Waals surface area contributed by atoms with Gasteiger partial charge in [-0.2, -0.15) is 4.98 Å². The van der Waals surface area contributed by atoms with E-state index in [1.165, 1.54) is 6.20 Å². The summed E-state index contributed by atoms with van der Waals surface area (Å²) >= 11 is 11.9. The van der Waals surface area contributed by atoms with Gasteiger partial charge >= 0.3 is 0 Å². The van der Waals surface area contributed by atoms with Crippen molar-refractivity contribution in [2.75, 3.05) is 36.4 Å². The summed E-state index contributed by atoms with van der Waals surface area (Å²) < 4.78 is 28.6. The number of hydrogen-bond donors (Lipinski definition) is 2. The molecule has 1 aromatic carbocycles. The molecule has 0 radical (unpaired) electrons. The van der Waals surface area contributed by atoms with E-state index in [0.29, 0.717) is 45.0 Å². The number of amides is 2. The molecule has 0 saturated carbocycles. The summed E-state index contributed by atoms with van der Waals surface area (Å²) in [7, 11) is 0. The van der Waals surface area contributed by atoms with Crippen LogP contribution in [-0.2, 0) is 9.59 Å². The maximum Gasteiger partial charge on any atom is 0.245 e. The fraction of sp³-hybridized carbons (Fsp3) is 0.429. The first kappa shape index (κ1) is 23.4. The lowest BCUT2D eigenvalue weighted by molar-refractivity contribution is -0.134. The van der Waals surface area contributed by atoms with Gasteiger partial charge in [0.05, 0.1) is 12.2 Å². The number of anilines is 2. The van der Waals surface area contributed by atoms with E-state index in [2.05, 4.69) is 20.6 Å². The van der Waals surface area contributed by atoms with Crippen LogP contribution in [-0.4, -0.2) is 58.9 Å². The molecule has 33 heavy (non-hydrogen) atoms. The number of carbonyl (C=O) groups is 2. The second-order valence-electron chi connectivity index (χ2n) is 7.99. The summed E-state index contributed by atoms with van der Waals surface area (Å²) in [5.41, 5.74) is -0.179. The van der Waals surface area contributed by atoms with Crippen molar-refractivity contribution in [2.45, 2.75) is 31.8 Å². The standard InChI is InChI=1S/C21H22Cl2F2N6O2/c1-11(18-14(24)8-12(22)9-15(18)25)27-19-13(23)10-26-21(29-19)31-6-4-30(5-7-31)20(33)16-2-3-17(32)28-16/h8-11,16H,2-7H2,1H3,(H,28,32)(H,26,27,29)/t11?,16-/m1/s1. The Morgan fingerprint density at radius 2 is 1.88 bits per heavy atom. The van der Waals surface area contributed by atoms with Gasteiger partial charge in [-0.15, -0.1) is 0 Å². The Labute approximate surface area is 199 Å². The molecule has 176 valence electrons. The Kier molecular flexibility index (Phi) is 6.85. The van der Waals surface area contributed by atoms with Crippen molar-refractivity contribution in [2.24, 2.45) is 0 Å². The van der Waals surface area contributed by atoms with Gasteiger partial charge in [-0.05, 0) is 25.5 Å². The highest BCUT2D eigenvalue weighted by atomic mass is 35.5. The minimum absolute atomic E-state index is 0.0313. The van der Waals surface area contributed by atoms with Gasteiger partial charge in [0.1, 0.15) is 22.7 Å². The van der Waals surface area contributed by atoms with Crippen LogP contribution in [0.3, 0.4) is 0 Å². The molecule has 2 N–H and O–H groups in total. The number of piperazine rings is 1. The average Bonchev–Trinajstić information content (AvgIpc) is 3.20. The topological polar surface area (TPSA) is 90.5 Å². The molecule has 2 saturated heterocycles. The van der Waals surface area contributed by atoms with Crippen molar-refractivity contribution >= 4 is 46.8 Å². The number of nitrogens with zero attached hydrogens (tertiary/aromatic N) is 4. The molecule has 2 aromatic rings. The molecule has 1 unspecified atom stereocenters. The lowest BCUT2D eigenvalue weighted by Crippen LogP contribution is -2.53. The van der Waals surface area contributed by atoms with E-state index in [-0.39, 0.29) is 33.2 Å². The molecule has 12 heteroatoms. The summed E-state index contributed by atoms with van der Waals surface area (Å²) in [6.45, 7) is 3.47. The number of carbonyl (C=O) groups excluding carboxylic acids is 2. The molecule has 8 nitrogen and oxygen atoms in total. The molecular formula is C21H22Cl2F2N6O2. The maximum absolute atomic E-state index is 14.3. The van der Waals surface area contributed by atoms with Crippen LogP contribution in [0.2, 0.25) is 10.0 Å². The second kappa shape index (κ2) is 9.64. The van der Waals surface area contributed by atoms with Crippen molar-refractivity contribution in [3.8, 4) is 0 Å². The third-order valence-electron chi connectivity index (χ3n) is 5.73. The number of hydrogen-bond acceptors (Lipinski definition) is 6. The summed E-state index contributed by atoms with van der Waals surface area (Å²) in [5.74, 6) is -1.12. The summed E-state index contributed by atoms with van der Waals surface area (Å²) in [5, 5.41) is 5.80. The predicted molar refractivity (Wildman–Crippen MR) is 120 cm³/mol. The smallest absolute Gasteiger partial charge is 0.245 e.